The van der Waals surface area contributed by atoms with Crippen LogP contribution in [0.15, 0.2) is 10.7 Å². The van der Waals surface area contributed by atoms with Crippen LogP contribution in [-0.4, -0.2) is 27.2 Å². The second-order valence-electron chi connectivity index (χ2n) is 6.38. The maximum absolute atomic E-state index is 12.7. The molecule has 0 spiro atoms. The van der Waals surface area contributed by atoms with Crippen LogP contribution in [0.5, 0.6) is 0 Å². The maximum Gasteiger partial charge on any atom is 0.434 e. The quantitative estimate of drug-likeness (QED) is 0.913. The molecule has 0 aliphatic carbocycles. The van der Waals surface area contributed by atoms with Crippen LogP contribution in [0.2, 0.25) is 0 Å². The number of aryl methyl sites for hydroxylation is 3. The van der Waals surface area contributed by atoms with E-state index in [9.17, 15) is 18.0 Å². The van der Waals surface area contributed by atoms with E-state index in [-0.39, 0.29) is 18.2 Å². The first-order chi connectivity index (χ1) is 11.7. The highest BCUT2D eigenvalue weighted by molar-refractivity contribution is 5.78. The molecule has 0 bridgehead atoms. The Morgan fingerprint density at radius 1 is 1.44 bits per heavy atom. The summed E-state index contributed by atoms with van der Waals surface area (Å²) >= 11 is 0. The molecule has 1 atom stereocenters. The zero-order valence-electron chi connectivity index (χ0n) is 14.0. The Hall–Kier alpha value is -2.32. The Bertz CT molecular complexity index is 759. The minimum atomic E-state index is -4.43. The number of hydrogen-bond donors (Lipinski definition) is 1. The van der Waals surface area contributed by atoms with Crippen LogP contribution < -0.4 is 5.32 Å². The number of nitrogens with zero attached hydrogens (tertiary/aromatic N) is 3. The van der Waals surface area contributed by atoms with Gasteiger partial charge in [0.2, 0.25) is 5.91 Å². The molecule has 136 valence electrons. The zero-order chi connectivity index (χ0) is 18.2. The molecule has 0 saturated carbocycles. The van der Waals surface area contributed by atoms with E-state index in [2.05, 4.69) is 15.5 Å². The van der Waals surface area contributed by atoms with Crippen LogP contribution in [0.1, 0.15) is 35.0 Å². The molecule has 25 heavy (non-hydrogen) atoms. The highest BCUT2D eigenvalue weighted by Crippen LogP contribution is 2.30. The van der Waals surface area contributed by atoms with E-state index in [4.69, 9.17) is 4.52 Å². The van der Waals surface area contributed by atoms with Gasteiger partial charge in [-0.25, -0.2) is 4.98 Å². The number of halogens is 3. The Morgan fingerprint density at radius 3 is 2.84 bits per heavy atom. The van der Waals surface area contributed by atoms with Gasteiger partial charge in [-0.1, -0.05) is 5.16 Å². The van der Waals surface area contributed by atoms with Crippen molar-refractivity contribution < 1.29 is 22.5 Å². The number of fused-ring (bicyclic) bond motifs is 1. The third-order valence-corrected chi connectivity index (χ3v) is 4.49. The normalized spacial score (nSPS) is 17.4. The average Bonchev–Trinajstić information content (AvgIpc) is 3.10. The van der Waals surface area contributed by atoms with Crippen molar-refractivity contribution in [1.29, 1.82) is 0 Å². The second kappa shape index (κ2) is 6.53. The number of alkyl halides is 3. The van der Waals surface area contributed by atoms with Gasteiger partial charge in [-0.05, 0) is 26.2 Å². The Labute approximate surface area is 142 Å². The lowest BCUT2D eigenvalue weighted by Gasteiger charge is -2.23. The van der Waals surface area contributed by atoms with Crippen molar-refractivity contribution in [1.82, 2.24) is 20.0 Å². The lowest BCUT2D eigenvalue weighted by Crippen LogP contribution is -2.34. The fraction of sp³-hybridized carbons (Fsp3) is 0.562. The monoisotopic (exact) mass is 356 g/mol. The molecule has 6 nitrogen and oxygen atoms in total. The number of carbonyl (C=O) groups is 1. The number of carbonyl (C=O) groups excluding carboxylic acids is 1. The lowest BCUT2D eigenvalue weighted by molar-refractivity contribution is -0.141. The molecule has 1 amide bonds. The summed E-state index contributed by atoms with van der Waals surface area (Å²) in [6, 6.07) is 0. The number of rotatable bonds is 4. The highest BCUT2D eigenvalue weighted by atomic mass is 19.4. The van der Waals surface area contributed by atoms with Crippen LogP contribution in [0, 0.1) is 19.8 Å². The summed E-state index contributed by atoms with van der Waals surface area (Å²) in [5, 5.41) is 6.66. The summed E-state index contributed by atoms with van der Waals surface area (Å²) in [5.74, 6) is 0.997. The predicted molar refractivity (Wildman–Crippen MR) is 81.7 cm³/mol. The highest BCUT2D eigenvalue weighted by Gasteiger charge is 2.35. The minimum Gasteiger partial charge on any atom is -0.361 e. The lowest BCUT2D eigenvalue weighted by atomic mass is 9.99. The van der Waals surface area contributed by atoms with Gasteiger partial charge in [0.15, 0.2) is 5.69 Å². The van der Waals surface area contributed by atoms with Gasteiger partial charge in [-0.3, -0.25) is 4.79 Å². The largest absolute Gasteiger partial charge is 0.434 e. The van der Waals surface area contributed by atoms with Crippen LogP contribution >= 0.6 is 0 Å². The van der Waals surface area contributed by atoms with E-state index in [1.807, 2.05) is 0 Å². The average molecular weight is 356 g/mol. The van der Waals surface area contributed by atoms with E-state index < -0.39 is 11.9 Å². The minimum absolute atomic E-state index is 0.0800. The van der Waals surface area contributed by atoms with Crippen LogP contribution in [0.25, 0.3) is 0 Å². The summed E-state index contributed by atoms with van der Waals surface area (Å²) < 4.78 is 44.7. The van der Waals surface area contributed by atoms with Crippen molar-refractivity contribution in [3.63, 3.8) is 0 Å². The molecular weight excluding hydrogens is 337 g/mol. The SMILES string of the molecule is Cc1noc(C)c1CC(=O)NC[C@@H]1CCc2nc(C(F)(F)F)cn2C1. The Kier molecular flexibility index (Phi) is 4.57. The predicted octanol–water partition coefficient (Wildman–Crippen LogP) is 2.43. The Morgan fingerprint density at radius 2 is 2.20 bits per heavy atom. The summed E-state index contributed by atoms with van der Waals surface area (Å²) in [6.45, 7) is 4.37. The fourth-order valence-electron chi connectivity index (χ4n) is 3.05. The Balaban J connectivity index is 1.55. The molecule has 1 aliphatic rings. The zero-order valence-corrected chi connectivity index (χ0v) is 14.0. The second-order valence-corrected chi connectivity index (χ2v) is 6.38. The molecule has 0 radical (unpaired) electrons. The van der Waals surface area contributed by atoms with Gasteiger partial charge in [0.1, 0.15) is 11.6 Å². The molecular formula is C16H19F3N4O2. The summed E-state index contributed by atoms with van der Waals surface area (Å²) in [5.41, 5.74) is 0.603. The molecule has 3 heterocycles. The van der Waals surface area contributed by atoms with Crippen LogP contribution in [0.3, 0.4) is 0 Å². The third-order valence-electron chi connectivity index (χ3n) is 4.49. The molecule has 0 saturated heterocycles. The van der Waals surface area contributed by atoms with Gasteiger partial charge in [-0.2, -0.15) is 13.2 Å². The van der Waals surface area contributed by atoms with Gasteiger partial charge < -0.3 is 14.4 Å². The fourth-order valence-corrected chi connectivity index (χ4v) is 3.05. The summed E-state index contributed by atoms with van der Waals surface area (Å²) in [6.07, 6.45) is -2.03. The first kappa shape index (κ1) is 17.5. The summed E-state index contributed by atoms with van der Waals surface area (Å²) in [4.78, 5) is 15.7. The molecule has 9 heteroatoms. The van der Waals surface area contributed by atoms with E-state index in [0.29, 0.717) is 43.2 Å². The number of aromatic nitrogens is 3. The molecule has 3 rings (SSSR count). The number of amides is 1. The number of hydrogen-bond acceptors (Lipinski definition) is 4. The topological polar surface area (TPSA) is 73.0 Å². The molecule has 0 fully saturated rings. The maximum atomic E-state index is 12.7. The standard InChI is InChI=1S/C16H19F3N4O2/c1-9-12(10(2)25-22-9)5-15(24)20-6-11-3-4-14-21-13(16(17,18)19)8-23(14)7-11/h8,11H,3-7H2,1-2H3,(H,20,24)/t11-/m0/s1. The van der Waals surface area contributed by atoms with E-state index in [0.717, 1.165) is 11.8 Å². The van der Waals surface area contributed by atoms with Crippen molar-refractivity contribution in [2.45, 2.75) is 45.8 Å². The first-order valence-corrected chi connectivity index (χ1v) is 8.05. The van der Waals surface area contributed by atoms with Crippen LogP contribution in [-0.2, 0) is 30.4 Å². The van der Waals surface area contributed by atoms with Crippen molar-refractivity contribution >= 4 is 5.91 Å². The van der Waals surface area contributed by atoms with Gasteiger partial charge in [0.25, 0.3) is 0 Å². The van der Waals surface area contributed by atoms with Crippen molar-refractivity contribution in [2.75, 3.05) is 6.54 Å². The molecule has 0 unspecified atom stereocenters. The smallest absolute Gasteiger partial charge is 0.361 e. The molecule has 0 aromatic carbocycles. The molecule has 1 aliphatic heterocycles. The van der Waals surface area contributed by atoms with Crippen molar-refractivity contribution in [3.8, 4) is 0 Å². The van der Waals surface area contributed by atoms with Gasteiger partial charge in [0, 0.05) is 31.3 Å². The number of imidazole rings is 1. The molecule has 1 N–H and O–H groups in total. The van der Waals surface area contributed by atoms with Gasteiger partial charge >= 0.3 is 6.18 Å². The van der Waals surface area contributed by atoms with Crippen molar-refractivity contribution in [3.05, 3.63) is 34.7 Å². The van der Waals surface area contributed by atoms with E-state index >= 15 is 0 Å². The summed E-state index contributed by atoms with van der Waals surface area (Å²) in [7, 11) is 0. The first-order valence-electron chi connectivity index (χ1n) is 8.05. The van der Waals surface area contributed by atoms with E-state index in [1.54, 1.807) is 13.8 Å². The third kappa shape index (κ3) is 3.85. The van der Waals surface area contributed by atoms with Crippen LogP contribution in [0.4, 0.5) is 13.2 Å². The van der Waals surface area contributed by atoms with Gasteiger partial charge in [0.05, 0.1) is 12.1 Å². The van der Waals surface area contributed by atoms with Gasteiger partial charge in [-0.15, -0.1) is 0 Å². The van der Waals surface area contributed by atoms with Crippen molar-refractivity contribution in [2.24, 2.45) is 5.92 Å². The molecule has 2 aromatic rings. The molecule has 2 aromatic heterocycles. The number of nitrogens with one attached hydrogen (secondary N) is 1. The van der Waals surface area contributed by atoms with E-state index in [1.165, 1.54) is 4.57 Å².